The minimum absolute atomic E-state index is 0.815. The van der Waals surface area contributed by atoms with Gasteiger partial charge in [0, 0.05) is 24.9 Å². The molecule has 0 N–H and O–H groups in total. The largest absolute Gasteiger partial charge is 0.334 e. The van der Waals surface area contributed by atoms with Crippen molar-refractivity contribution in [2.45, 2.75) is 19.4 Å². The standard InChI is InChI=1S/C8H10N2/c1-5-6-4-10-3-2-9-8(10)7(5)6/h2-3,5-7H,4H2,1H3/t5-,6+,7?/m0/s1. The number of nitrogens with zero attached hydrogens (tertiary/aromatic N) is 2. The Labute approximate surface area is 59.9 Å². The Bertz CT molecular complexity index is 277. The van der Waals surface area contributed by atoms with E-state index in [0.717, 1.165) is 17.8 Å². The SMILES string of the molecule is C[C@@H]1C2c3nccn3C[C@@H]21. The number of imidazole rings is 1. The molecule has 3 atom stereocenters. The van der Waals surface area contributed by atoms with Crippen LogP contribution >= 0.6 is 0 Å². The minimum atomic E-state index is 0.815. The molecule has 0 saturated heterocycles. The van der Waals surface area contributed by atoms with Crippen molar-refractivity contribution in [3.63, 3.8) is 0 Å². The van der Waals surface area contributed by atoms with Gasteiger partial charge in [-0.3, -0.25) is 0 Å². The van der Waals surface area contributed by atoms with Gasteiger partial charge in [-0.2, -0.15) is 0 Å². The third kappa shape index (κ3) is 0.376. The zero-order valence-electron chi connectivity index (χ0n) is 5.99. The number of rotatable bonds is 0. The van der Waals surface area contributed by atoms with Gasteiger partial charge in [0.05, 0.1) is 0 Å². The van der Waals surface area contributed by atoms with Crippen LogP contribution in [-0.2, 0) is 6.54 Å². The first-order valence-corrected chi connectivity index (χ1v) is 3.89. The predicted octanol–water partition coefficient (Wildman–Crippen LogP) is 1.25. The van der Waals surface area contributed by atoms with Crippen molar-refractivity contribution >= 4 is 0 Å². The lowest BCUT2D eigenvalue weighted by atomic mass is 10.3. The van der Waals surface area contributed by atoms with Crippen molar-refractivity contribution in [2.75, 3.05) is 0 Å². The number of hydrogen-bond acceptors (Lipinski definition) is 1. The first kappa shape index (κ1) is 4.94. The quantitative estimate of drug-likeness (QED) is 0.522. The highest BCUT2D eigenvalue weighted by atomic mass is 15.1. The van der Waals surface area contributed by atoms with Crippen molar-refractivity contribution in [1.29, 1.82) is 0 Å². The van der Waals surface area contributed by atoms with Crippen LogP contribution in [-0.4, -0.2) is 9.55 Å². The lowest BCUT2D eigenvalue weighted by molar-refractivity contribution is 0.607. The second-order valence-electron chi connectivity index (χ2n) is 3.49. The number of hydrogen-bond donors (Lipinski definition) is 0. The van der Waals surface area contributed by atoms with E-state index in [1.54, 1.807) is 0 Å². The molecule has 2 nitrogen and oxygen atoms in total. The summed E-state index contributed by atoms with van der Waals surface area (Å²) in [7, 11) is 0. The Morgan fingerprint density at radius 1 is 1.70 bits per heavy atom. The summed E-state index contributed by atoms with van der Waals surface area (Å²) in [5.41, 5.74) is 0. The Morgan fingerprint density at radius 3 is 3.50 bits per heavy atom. The monoisotopic (exact) mass is 134 g/mol. The molecule has 1 unspecified atom stereocenters. The van der Waals surface area contributed by atoms with Crippen molar-refractivity contribution in [3.05, 3.63) is 18.2 Å². The molecule has 0 aromatic carbocycles. The molecule has 10 heavy (non-hydrogen) atoms. The zero-order chi connectivity index (χ0) is 6.72. The van der Waals surface area contributed by atoms with Gasteiger partial charge < -0.3 is 4.57 Å². The van der Waals surface area contributed by atoms with E-state index in [1.165, 1.54) is 12.4 Å². The van der Waals surface area contributed by atoms with Crippen molar-refractivity contribution in [2.24, 2.45) is 11.8 Å². The van der Waals surface area contributed by atoms with E-state index in [1.807, 2.05) is 6.20 Å². The summed E-state index contributed by atoms with van der Waals surface area (Å²) >= 11 is 0. The highest BCUT2D eigenvalue weighted by Gasteiger charge is 2.54. The van der Waals surface area contributed by atoms with Gasteiger partial charge >= 0.3 is 0 Å². The summed E-state index contributed by atoms with van der Waals surface area (Å²) in [6.45, 7) is 3.55. The Hall–Kier alpha value is -0.790. The molecule has 1 aromatic rings. The van der Waals surface area contributed by atoms with Crippen molar-refractivity contribution < 1.29 is 0 Å². The predicted molar refractivity (Wildman–Crippen MR) is 37.6 cm³/mol. The molecule has 1 aliphatic carbocycles. The second-order valence-corrected chi connectivity index (χ2v) is 3.49. The Kier molecular flexibility index (Phi) is 0.636. The summed E-state index contributed by atoms with van der Waals surface area (Å²) in [5, 5.41) is 0. The summed E-state index contributed by atoms with van der Waals surface area (Å²) in [6, 6.07) is 0. The second kappa shape index (κ2) is 1.29. The molecular weight excluding hydrogens is 124 g/mol. The van der Waals surface area contributed by atoms with Crippen molar-refractivity contribution in [3.8, 4) is 0 Å². The molecular formula is C8H10N2. The topological polar surface area (TPSA) is 17.8 Å². The maximum atomic E-state index is 4.33. The van der Waals surface area contributed by atoms with E-state index in [-0.39, 0.29) is 0 Å². The van der Waals surface area contributed by atoms with Gasteiger partial charge in [0.2, 0.25) is 0 Å². The molecule has 0 bridgehead atoms. The molecule has 1 saturated carbocycles. The fourth-order valence-electron chi connectivity index (χ4n) is 2.25. The van der Waals surface area contributed by atoms with Crippen molar-refractivity contribution in [1.82, 2.24) is 9.55 Å². The maximum absolute atomic E-state index is 4.33. The van der Waals surface area contributed by atoms with Gasteiger partial charge in [-0.25, -0.2) is 4.98 Å². The van der Waals surface area contributed by atoms with Crippen LogP contribution < -0.4 is 0 Å². The summed E-state index contributed by atoms with van der Waals surface area (Å²) in [6.07, 6.45) is 4.00. The van der Waals surface area contributed by atoms with Gasteiger partial charge in [-0.05, 0) is 11.8 Å². The lowest BCUT2D eigenvalue weighted by Crippen LogP contribution is -1.98. The van der Waals surface area contributed by atoms with Crippen LogP contribution in [0.25, 0.3) is 0 Å². The van der Waals surface area contributed by atoms with Gasteiger partial charge in [0.25, 0.3) is 0 Å². The molecule has 0 spiro atoms. The Balaban J connectivity index is 2.14. The van der Waals surface area contributed by atoms with E-state index < -0.39 is 0 Å². The normalized spacial score (nSPS) is 41.1. The van der Waals surface area contributed by atoms with Gasteiger partial charge in [0.15, 0.2) is 0 Å². The summed E-state index contributed by atoms with van der Waals surface area (Å²) in [4.78, 5) is 4.33. The van der Waals surface area contributed by atoms with Crippen LogP contribution in [0.5, 0.6) is 0 Å². The van der Waals surface area contributed by atoms with Gasteiger partial charge in [-0.1, -0.05) is 6.92 Å². The molecule has 0 amide bonds. The van der Waals surface area contributed by atoms with Crippen LogP contribution in [0, 0.1) is 11.8 Å². The van der Waals surface area contributed by atoms with Gasteiger partial charge in [0.1, 0.15) is 5.82 Å². The van der Waals surface area contributed by atoms with E-state index >= 15 is 0 Å². The smallest absolute Gasteiger partial charge is 0.112 e. The van der Waals surface area contributed by atoms with E-state index in [2.05, 4.69) is 22.7 Å². The van der Waals surface area contributed by atoms with Crippen LogP contribution in [0.1, 0.15) is 18.7 Å². The lowest BCUT2D eigenvalue weighted by Gasteiger charge is -1.99. The van der Waals surface area contributed by atoms with Crippen LogP contribution in [0.2, 0.25) is 0 Å². The molecule has 2 heterocycles. The minimum Gasteiger partial charge on any atom is -0.334 e. The average molecular weight is 134 g/mol. The van der Waals surface area contributed by atoms with Crippen LogP contribution in [0.15, 0.2) is 12.4 Å². The molecule has 1 aromatic heterocycles. The van der Waals surface area contributed by atoms with Gasteiger partial charge in [-0.15, -0.1) is 0 Å². The Morgan fingerprint density at radius 2 is 2.60 bits per heavy atom. The van der Waals surface area contributed by atoms with E-state index in [0.29, 0.717) is 0 Å². The fraction of sp³-hybridized carbons (Fsp3) is 0.625. The highest BCUT2D eigenvalue weighted by molar-refractivity contribution is 5.21. The zero-order valence-corrected chi connectivity index (χ0v) is 5.99. The van der Waals surface area contributed by atoms with E-state index in [9.17, 15) is 0 Å². The van der Waals surface area contributed by atoms with Crippen LogP contribution in [0.4, 0.5) is 0 Å². The first-order valence-electron chi connectivity index (χ1n) is 3.89. The third-order valence-electron chi connectivity index (χ3n) is 3.02. The van der Waals surface area contributed by atoms with E-state index in [4.69, 9.17) is 0 Å². The number of fused-ring (bicyclic) bond motifs is 3. The molecule has 2 heteroatoms. The summed E-state index contributed by atoms with van der Waals surface area (Å²) < 4.78 is 2.29. The fourth-order valence-corrected chi connectivity index (χ4v) is 2.25. The van der Waals surface area contributed by atoms with Crippen LogP contribution in [0.3, 0.4) is 0 Å². The summed E-state index contributed by atoms with van der Waals surface area (Å²) in [5.74, 6) is 3.99. The number of aromatic nitrogens is 2. The maximum Gasteiger partial charge on any atom is 0.112 e. The highest BCUT2D eigenvalue weighted by Crippen LogP contribution is 2.57. The first-order chi connectivity index (χ1) is 4.88. The molecule has 1 aliphatic heterocycles. The third-order valence-corrected chi connectivity index (χ3v) is 3.02. The molecule has 0 radical (unpaired) electrons. The molecule has 1 fully saturated rings. The molecule has 52 valence electrons. The average Bonchev–Trinajstić information content (AvgIpc) is 2.27. The molecule has 2 aliphatic rings. The molecule has 3 rings (SSSR count).